The molecule has 2 aromatic rings. The molecule has 0 radical (unpaired) electrons. The minimum atomic E-state index is 0.379. The van der Waals surface area contributed by atoms with Crippen LogP contribution in [-0.4, -0.2) is 12.1 Å². The van der Waals surface area contributed by atoms with Gasteiger partial charge in [0.1, 0.15) is 10.9 Å². The van der Waals surface area contributed by atoms with Gasteiger partial charge in [-0.25, -0.2) is 4.98 Å². The van der Waals surface area contributed by atoms with Crippen molar-refractivity contribution < 1.29 is 4.74 Å². The van der Waals surface area contributed by atoms with Crippen molar-refractivity contribution in [3.8, 4) is 16.9 Å². The second kappa shape index (κ2) is 5.13. The molecule has 0 N–H and O–H groups in total. The molecular weight excluding hydrogens is 280 g/mol. The van der Waals surface area contributed by atoms with Crippen LogP contribution in [0.3, 0.4) is 0 Å². The van der Waals surface area contributed by atoms with Crippen LogP contribution in [-0.2, 0) is 0 Å². The predicted molar refractivity (Wildman–Crippen MR) is 71.3 cm³/mol. The van der Waals surface area contributed by atoms with E-state index in [1.807, 2.05) is 0 Å². The lowest BCUT2D eigenvalue weighted by atomic mass is 10.1. The SMILES string of the molecule is COc1cnc(Cl)c(-c2cc(Cl)cc(Cl)c2)c1. The molecule has 0 spiro atoms. The fraction of sp³-hybridized carbons (Fsp3) is 0.0833. The van der Waals surface area contributed by atoms with Crippen LogP contribution in [0.5, 0.6) is 5.75 Å². The molecular formula is C12H8Cl3NO. The lowest BCUT2D eigenvalue weighted by Gasteiger charge is -2.07. The molecule has 1 aromatic heterocycles. The number of benzene rings is 1. The maximum atomic E-state index is 6.04. The molecule has 0 amide bonds. The monoisotopic (exact) mass is 287 g/mol. The molecule has 0 unspecified atom stereocenters. The van der Waals surface area contributed by atoms with Crippen molar-refractivity contribution in [2.24, 2.45) is 0 Å². The van der Waals surface area contributed by atoms with Crippen molar-refractivity contribution in [2.45, 2.75) is 0 Å². The minimum Gasteiger partial charge on any atom is -0.495 e. The maximum Gasteiger partial charge on any atom is 0.137 e. The molecule has 0 saturated heterocycles. The molecule has 2 nitrogen and oxygen atoms in total. The standard InChI is InChI=1S/C12H8Cl3NO/c1-17-10-5-11(12(15)16-6-10)7-2-8(13)4-9(14)3-7/h2-6H,1H3. The number of ether oxygens (including phenoxy) is 1. The normalized spacial score (nSPS) is 10.4. The van der Waals surface area contributed by atoms with E-state index >= 15 is 0 Å². The number of aromatic nitrogens is 1. The van der Waals surface area contributed by atoms with Crippen molar-refractivity contribution in [3.05, 3.63) is 45.7 Å². The second-order valence-corrected chi connectivity index (χ2v) is 4.60. The highest BCUT2D eigenvalue weighted by Crippen LogP contribution is 2.33. The summed E-state index contributed by atoms with van der Waals surface area (Å²) in [5, 5.41) is 1.47. The first kappa shape index (κ1) is 12.5. The first-order chi connectivity index (χ1) is 8.10. The summed E-state index contributed by atoms with van der Waals surface area (Å²) in [7, 11) is 1.57. The van der Waals surface area contributed by atoms with Gasteiger partial charge in [-0.3, -0.25) is 0 Å². The second-order valence-electron chi connectivity index (χ2n) is 3.37. The number of pyridine rings is 1. The van der Waals surface area contributed by atoms with Crippen LogP contribution in [0, 0.1) is 0 Å². The molecule has 17 heavy (non-hydrogen) atoms. The molecule has 0 saturated carbocycles. The molecule has 1 aromatic carbocycles. The molecule has 0 fully saturated rings. The number of nitrogens with zero attached hydrogens (tertiary/aromatic N) is 1. The predicted octanol–water partition coefficient (Wildman–Crippen LogP) is 4.72. The van der Waals surface area contributed by atoms with Gasteiger partial charge in [0.15, 0.2) is 0 Å². The first-order valence-corrected chi connectivity index (χ1v) is 5.89. The number of rotatable bonds is 2. The van der Waals surface area contributed by atoms with Crippen LogP contribution in [0.15, 0.2) is 30.5 Å². The Hall–Kier alpha value is -0.960. The third-order valence-electron chi connectivity index (χ3n) is 2.22. The van der Waals surface area contributed by atoms with Gasteiger partial charge in [-0.2, -0.15) is 0 Å². The summed E-state index contributed by atoms with van der Waals surface area (Å²) in [4.78, 5) is 4.04. The van der Waals surface area contributed by atoms with Gasteiger partial charge in [0, 0.05) is 15.6 Å². The molecule has 1 heterocycles. The fourth-order valence-corrected chi connectivity index (χ4v) is 2.19. The molecule has 0 aliphatic rings. The van der Waals surface area contributed by atoms with E-state index in [2.05, 4.69) is 4.98 Å². The Kier molecular flexibility index (Phi) is 3.77. The van der Waals surface area contributed by atoms with Crippen molar-refractivity contribution in [3.63, 3.8) is 0 Å². The van der Waals surface area contributed by atoms with Crippen molar-refractivity contribution >= 4 is 34.8 Å². The number of halogens is 3. The smallest absolute Gasteiger partial charge is 0.137 e. The van der Waals surface area contributed by atoms with Crippen LogP contribution in [0.1, 0.15) is 0 Å². The summed E-state index contributed by atoms with van der Waals surface area (Å²) in [5.41, 5.74) is 1.54. The van der Waals surface area contributed by atoms with Gasteiger partial charge >= 0.3 is 0 Å². The zero-order chi connectivity index (χ0) is 12.4. The zero-order valence-corrected chi connectivity index (χ0v) is 11.1. The summed E-state index contributed by atoms with van der Waals surface area (Å²) < 4.78 is 5.10. The molecule has 2 rings (SSSR count). The van der Waals surface area contributed by atoms with Gasteiger partial charge in [0.2, 0.25) is 0 Å². The highest BCUT2D eigenvalue weighted by molar-refractivity contribution is 6.35. The number of methoxy groups -OCH3 is 1. The Labute approximate surface area is 114 Å². The highest BCUT2D eigenvalue weighted by Gasteiger charge is 2.08. The summed E-state index contributed by atoms with van der Waals surface area (Å²) in [5.74, 6) is 0.625. The average Bonchev–Trinajstić information content (AvgIpc) is 2.28. The number of hydrogen-bond donors (Lipinski definition) is 0. The average molecular weight is 289 g/mol. The molecule has 0 aliphatic carbocycles. The van der Waals surface area contributed by atoms with E-state index in [9.17, 15) is 0 Å². The van der Waals surface area contributed by atoms with Gasteiger partial charge in [-0.1, -0.05) is 34.8 Å². The molecule has 88 valence electrons. The summed E-state index contributed by atoms with van der Waals surface area (Å²) in [6, 6.07) is 7.00. The maximum absolute atomic E-state index is 6.04. The van der Waals surface area contributed by atoms with E-state index in [4.69, 9.17) is 39.5 Å². The molecule has 0 bridgehead atoms. The quantitative estimate of drug-likeness (QED) is 0.746. The molecule has 5 heteroatoms. The van der Waals surface area contributed by atoms with E-state index < -0.39 is 0 Å². The summed E-state index contributed by atoms with van der Waals surface area (Å²) >= 11 is 17.9. The van der Waals surface area contributed by atoms with Crippen LogP contribution in [0.4, 0.5) is 0 Å². The van der Waals surface area contributed by atoms with E-state index in [1.165, 1.54) is 0 Å². The van der Waals surface area contributed by atoms with Gasteiger partial charge in [-0.05, 0) is 29.8 Å². The Balaban J connectivity index is 2.58. The van der Waals surface area contributed by atoms with Gasteiger partial charge in [0.25, 0.3) is 0 Å². The Morgan fingerprint density at radius 2 is 1.65 bits per heavy atom. The van der Waals surface area contributed by atoms with Crippen LogP contribution in [0.2, 0.25) is 15.2 Å². The lowest BCUT2D eigenvalue weighted by molar-refractivity contribution is 0.413. The van der Waals surface area contributed by atoms with E-state index in [1.54, 1.807) is 37.6 Å². The van der Waals surface area contributed by atoms with E-state index in [-0.39, 0.29) is 0 Å². The topological polar surface area (TPSA) is 22.1 Å². The van der Waals surface area contributed by atoms with Crippen LogP contribution < -0.4 is 4.74 Å². The highest BCUT2D eigenvalue weighted by atomic mass is 35.5. The largest absolute Gasteiger partial charge is 0.495 e. The third kappa shape index (κ3) is 2.83. The minimum absolute atomic E-state index is 0.379. The first-order valence-electron chi connectivity index (χ1n) is 4.76. The van der Waals surface area contributed by atoms with Crippen molar-refractivity contribution in [2.75, 3.05) is 7.11 Å². The third-order valence-corrected chi connectivity index (χ3v) is 2.96. The molecule has 0 atom stereocenters. The van der Waals surface area contributed by atoms with Crippen LogP contribution in [0.25, 0.3) is 11.1 Å². The summed E-state index contributed by atoms with van der Waals surface area (Å²) in [6.45, 7) is 0. The van der Waals surface area contributed by atoms with Gasteiger partial charge in [-0.15, -0.1) is 0 Å². The van der Waals surface area contributed by atoms with E-state index in [0.29, 0.717) is 20.9 Å². The summed E-state index contributed by atoms with van der Waals surface area (Å²) in [6.07, 6.45) is 1.55. The van der Waals surface area contributed by atoms with Gasteiger partial charge in [0.05, 0.1) is 13.3 Å². The zero-order valence-electron chi connectivity index (χ0n) is 8.88. The van der Waals surface area contributed by atoms with Crippen molar-refractivity contribution in [1.82, 2.24) is 4.98 Å². The fourth-order valence-electron chi connectivity index (χ4n) is 1.45. The Morgan fingerprint density at radius 3 is 2.24 bits per heavy atom. The Morgan fingerprint density at radius 1 is 1.00 bits per heavy atom. The van der Waals surface area contributed by atoms with Crippen molar-refractivity contribution in [1.29, 1.82) is 0 Å². The Bertz CT molecular complexity index is 537. The van der Waals surface area contributed by atoms with Gasteiger partial charge < -0.3 is 4.74 Å². The lowest BCUT2D eigenvalue weighted by Crippen LogP contribution is -1.88. The molecule has 0 aliphatic heterocycles. The van der Waals surface area contributed by atoms with E-state index in [0.717, 1.165) is 11.1 Å². The number of hydrogen-bond acceptors (Lipinski definition) is 2. The van der Waals surface area contributed by atoms with Crippen LogP contribution >= 0.6 is 34.8 Å².